The molecule has 10 heteroatoms. The predicted molar refractivity (Wildman–Crippen MR) is 122 cm³/mol. The van der Waals surface area contributed by atoms with Crippen molar-refractivity contribution in [1.29, 1.82) is 0 Å². The van der Waals surface area contributed by atoms with Crippen LogP contribution in [0, 0.1) is 0 Å². The van der Waals surface area contributed by atoms with Crippen LogP contribution in [-0.2, 0) is 16.6 Å². The van der Waals surface area contributed by atoms with Gasteiger partial charge in [0.1, 0.15) is 5.69 Å². The predicted octanol–water partition coefficient (Wildman–Crippen LogP) is 2.11. The lowest BCUT2D eigenvalue weighted by Crippen LogP contribution is -2.37. The van der Waals surface area contributed by atoms with Crippen LogP contribution in [0.3, 0.4) is 0 Å². The van der Waals surface area contributed by atoms with E-state index in [1.54, 1.807) is 30.8 Å². The van der Waals surface area contributed by atoms with Crippen LogP contribution in [0.2, 0.25) is 0 Å². The number of hydrogen-bond donors (Lipinski definition) is 5. The second-order valence-corrected chi connectivity index (χ2v) is 7.62. The van der Waals surface area contributed by atoms with E-state index >= 15 is 0 Å². The Balaban J connectivity index is 0.000000343. The Morgan fingerprint density at radius 3 is 2.53 bits per heavy atom. The molecule has 0 spiro atoms. The van der Waals surface area contributed by atoms with E-state index in [4.69, 9.17) is 11.5 Å². The number of likely N-dealkylation sites (N-methyl/N-ethyl adjacent to an activating group) is 1. The molecule has 3 aromatic rings. The summed E-state index contributed by atoms with van der Waals surface area (Å²) >= 11 is 1.48. The molecule has 1 unspecified atom stereocenters. The summed E-state index contributed by atoms with van der Waals surface area (Å²) in [6, 6.07) is 8.72. The topological polar surface area (TPSA) is 144 Å². The van der Waals surface area contributed by atoms with Crippen LogP contribution in [0.5, 0.6) is 0 Å². The third-order valence-electron chi connectivity index (χ3n) is 4.00. The molecule has 0 aliphatic carbocycles. The van der Waals surface area contributed by atoms with Crippen molar-refractivity contribution in [1.82, 2.24) is 9.88 Å². The number of nitrogens with zero attached hydrogens (tertiary/aromatic N) is 1. The van der Waals surface area contributed by atoms with Gasteiger partial charge in [0.2, 0.25) is 12.3 Å². The van der Waals surface area contributed by atoms with Crippen molar-refractivity contribution < 1.29 is 14.4 Å². The maximum atomic E-state index is 12.2. The SMILES string of the molecule is CCNC(=O)C(C)N.Cn1cc(N)cc1C(=O)Nc1ccc2sc(NC=O)cc2c1. The molecule has 1 aromatic carbocycles. The quantitative estimate of drug-likeness (QED) is 0.380. The average molecular weight is 431 g/mol. The fourth-order valence-corrected chi connectivity index (χ4v) is 3.50. The average Bonchev–Trinajstić information content (AvgIpc) is 3.24. The molecule has 0 aliphatic rings. The number of nitrogen functional groups attached to an aromatic ring is 1. The van der Waals surface area contributed by atoms with Crippen molar-refractivity contribution in [2.45, 2.75) is 19.9 Å². The van der Waals surface area contributed by atoms with E-state index in [9.17, 15) is 14.4 Å². The number of carbonyl (C=O) groups is 3. The van der Waals surface area contributed by atoms with E-state index in [0.29, 0.717) is 30.0 Å². The fourth-order valence-electron chi connectivity index (χ4n) is 2.60. The van der Waals surface area contributed by atoms with E-state index in [-0.39, 0.29) is 17.9 Å². The minimum absolute atomic E-state index is 0.0903. The lowest BCUT2D eigenvalue weighted by atomic mass is 10.2. The first-order valence-corrected chi connectivity index (χ1v) is 10.1. The second-order valence-electron chi connectivity index (χ2n) is 6.53. The van der Waals surface area contributed by atoms with Crippen LogP contribution in [0.15, 0.2) is 36.5 Å². The molecule has 0 saturated heterocycles. The highest BCUT2D eigenvalue weighted by Gasteiger charge is 2.12. The number of benzene rings is 1. The van der Waals surface area contributed by atoms with Crippen molar-refractivity contribution in [3.8, 4) is 0 Å². The number of carbonyl (C=O) groups excluding carboxylic acids is 3. The van der Waals surface area contributed by atoms with Crippen LogP contribution >= 0.6 is 11.3 Å². The van der Waals surface area contributed by atoms with Gasteiger partial charge < -0.3 is 32.0 Å². The summed E-state index contributed by atoms with van der Waals surface area (Å²) in [5, 5.41) is 9.78. The lowest BCUT2D eigenvalue weighted by molar-refractivity contribution is -0.121. The number of aryl methyl sites for hydroxylation is 1. The molecule has 1 atom stereocenters. The number of aromatic nitrogens is 1. The summed E-state index contributed by atoms with van der Waals surface area (Å²) in [7, 11) is 1.77. The molecule has 160 valence electrons. The highest BCUT2D eigenvalue weighted by molar-refractivity contribution is 7.22. The first kappa shape index (κ1) is 22.9. The van der Waals surface area contributed by atoms with Crippen molar-refractivity contribution in [2.75, 3.05) is 22.9 Å². The molecule has 0 bridgehead atoms. The molecule has 9 nitrogen and oxygen atoms in total. The van der Waals surface area contributed by atoms with Gasteiger partial charge in [-0.15, -0.1) is 11.3 Å². The molecule has 3 rings (SSSR count). The minimum Gasteiger partial charge on any atom is -0.397 e. The minimum atomic E-state index is -0.380. The zero-order chi connectivity index (χ0) is 22.3. The van der Waals surface area contributed by atoms with E-state index in [0.717, 1.165) is 15.1 Å². The second kappa shape index (κ2) is 10.4. The molecule has 0 radical (unpaired) electrons. The molecule has 7 N–H and O–H groups in total. The summed E-state index contributed by atoms with van der Waals surface area (Å²) in [5.74, 6) is -0.312. The molecule has 0 saturated carbocycles. The Morgan fingerprint density at radius 2 is 2.00 bits per heavy atom. The van der Waals surface area contributed by atoms with E-state index in [2.05, 4.69) is 16.0 Å². The van der Waals surface area contributed by atoms with Gasteiger partial charge in [0.15, 0.2) is 0 Å². The van der Waals surface area contributed by atoms with Gasteiger partial charge in [-0.3, -0.25) is 14.4 Å². The zero-order valence-corrected chi connectivity index (χ0v) is 17.9. The van der Waals surface area contributed by atoms with Crippen LogP contribution in [0.1, 0.15) is 24.3 Å². The third kappa shape index (κ3) is 6.06. The molecule has 2 heterocycles. The van der Waals surface area contributed by atoms with Crippen molar-refractivity contribution in [3.05, 3.63) is 42.2 Å². The first-order chi connectivity index (χ1) is 14.2. The Labute approximate surface area is 178 Å². The monoisotopic (exact) mass is 430 g/mol. The maximum Gasteiger partial charge on any atom is 0.272 e. The van der Waals surface area contributed by atoms with Gasteiger partial charge in [-0.2, -0.15) is 0 Å². The number of rotatable bonds is 6. The first-order valence-electron chi connectivity index (χ1n) is 9.25. The fraction of sp³-hybridized carbons (Fsp3) is 0.250. The van der Waals surface area contributed by atoms with Crippen LogP contribution in [0.4, 0.5) is 16.4 Å². The smallest absolute Gasteiger partial charge is 0.272 e. The summed E-state index contributed by atoms with van der Waals surface area (Å²) in [6.07, 6.45) is 2.33. The van der Waals surface area contributed by atoms with E-state index < -0.39 is 0 Å². The van der Waals surface area contributed by atoms with Gasteiger partial charge in [0.05, 0.1) is 16.7 Å². The normalized spacial score (nSPS) is 11.2. The van der Waals surface area contributed by atoms with Crippen molar-refractivity contribution in [2.24, 2.45) is 12.8 Å². The standard InChI is InChI=1S/C15H14N4O2S.C5H12N2O/c1-19-7-10(16)6-12(19)15(21)18-11-2-3-13-9(4-11)5-14(22-13)17-8-20;1-3-7-5(8)4(2)6/h2-8H,16H2,1H3,(H,17,20)(H,18,21);4H,3,6H2,1-2H3,(H,7,8). The largest absolute Gasteiger partial charge is 0.397 e. The third-order valence-corrected chi connectivity index (χ3v) is 5.05. The molecule has 0 fully saturated rings. The zero-order valence-electron chi connectivity index (χ0n) is 17.1. The van der Waals surface area contributed by atoms with Crippen LogP contribution in [-0.4, -0.2) is 35.4 Å². The Bertz CT molecular complexity index is 1040. The van der Waals surface area contributed by atoms with Crippen molar-refractivity contribution >= 4 is 56.0 Å². The highest BCUT2D eigenvalue weighted by atomic mass is 32.1. The number of amides is 3. The summed E-state index contributed by atoms with van der Waals surface area (Å²) in [4.78, 5) is 33.2. The van der Waals surface area contributed by atoms with Crippen molar-refractivity contribution in [3.63, 3.8) is 0 Å². The van der Waals surface area contributed by atoms with E-state index in [1.807, 2.05) is 31.2 Å². The maximum absolute atomic E-state index is 12.2. The molecule has 2 aromatic heterocycles. The lowest BCUT2D eigenvalue weighted by Gasteiger charge is -2.06. The summed E-state index contributed by atoms with van der Waals surface area (Å²) in [5.41, 5.74) is 12.6. The number of nitrogens with one attached hydrogen (secondary N) is 3. The Morgan fingerprint density at radius 1 is 1.27 bits per heavy atom. The van der Waals surface area contributed by atoms with Gasteiger partial charge in [0, 0.05) is 30.2 Å². The number of thiophene rings is 1. The number of anilines is 3. The van der Waals surface area contributed by atoms with Gasteiger partial charge in [-0.05, 0) is 49.6 Å². The Kier molecular flexibility index (Phi) is 7.96. The van der Waals surface area contributed by atoms with E-state index in [1.165, 1.54) is 11.3 Å². The van der Waals surface area contributed by atoms with Crippen LogP contribution < -0.4 is 27.4 Å². The Hall–Kier alpha value is -3.37. The van der Waals surface area contributed by atoms with Crippen LogP contribution in [0.25, 0.3) is 10.1 Å². The molecular formula is C20H26N6O3S. The van der Waals surface area contributed by atoms with Gasteiger partial charge in [0.25, 0.3) is 5.91 Å². The van der Waals surface area contributed by atoms with Gasteiger partial charge in [-0.1, -0.05) is 0 Å². The molecule has 3 amide bonds. The molecule has 30 heavy (non-hydrogen) atoms. The molecule has 0 aliphatic heterocycles. The summed E-state index contributed by atoms with van der Waals surface area (Å²) in [6.45, 7) is 4.17. The number of nitrogens with two attached hydrogens (primary N) is 2. The van der Waals surface area contributed by atoms with Gasteiger partial charge >= 0.3 is 0 Å². The van der Waals surface area contributed by atoms with Gasteiger partial charge in [-0.25, -0.2) is 0 Å². The number of hydrogen-bond acceptors (Lipinski definition) is 6. The summed E-state index contributed by atoms with van der Waals surface area (Å²) < 4.78 is 2.71. The molecular weight excluding hydrogens is 404 g/mol. The highest BCUT2D eigenvalue weighted by Crippen LogP contribution is 2.31. The number of fused-ring (bicyclic) bond motifs is 1.